The molecule has 3 aromatic carbocycles. The first-order valence-corrected chi connectivity index (χ1v) is 13.2. The molecule has 1 aliphatic heterocycles. The van der Waals surface area contributed by atoms with Crippen LogP contribution in [0.1, 0.15) is 36.5 Å². The van der Waals surface area contributed by atoms with E-state index in [1.54, 1.807) is 24.3 Å². The zero-order chi connectivity index (χ0) is 27.1. The van der Waals surface area contributed by atoms with Gasteiger partial charge in [0.2, 0.25) is 0 Å². The number of imide groups is 1. The summed E-state index contributed by atoms with van der Waals surface area (Å²) in [7, 11) is 1.50. The molecule has 0 atom stereocenters. The third kappa shape index (κ3) is 6.63. The monoisotopic (exact) mass is 530 g/mol. The predicted octanol–water partition coefficient (Wildman–Crippen LogP) is 6.12. The number of anilines is 1. The summed E-state index contributed by atoms with van der Waals surface area (Å²) in [6.45, 7) is 4.27. The molecule has 1 heterocycles. The van der Waals surface area contributed by atoms with E-state index < -0.39 is 0 Å². The molecule has 0 saturated carbocycles. The summed E-state index contributed by atoms with van der Waals surface area (Å²) in [4.78, 5) is 39.5. The van der Waals surface area contributed by atoms with Crippen LogP contribution in [0.5, 0.6) is 11.5 Å². The van der Waals surface area contributed by atoms with E-state index in [2.05, 4.69) is 19.2 Å². The SMILES string of the molecule is COc1cc(/C=C2\SC(=O)N(CCc3ccccc3)C2=O)ccc1OCC(=O)Nc1ccccc1C(C)C. The van der Waals surface area contributed by atoms with Crippen LogP contribution in [0.4, 0.5) is 10.5 Å². The van der Waals surface area contributed by atoms with Crippen molar-refractivity contribution >= 4 is 40.6 Å². The average Bonchev–Trinajstić information content (AvgIpc) is 3.18. The second-order valence-electron chi connectivity index (χ2n) is 9.06. The fourth-order valence-electron chi connectivity index (χ4n) is 4.07. The number of rotatable bonds is 10. The molecule has 4 rings (SSSR count). The van der Waals surface area contributed by atoms with Crippen LogP contribution in [0, 0.1) is 0 Å². The average molecular weight is 531 g/mol. The number of methoxy groups -OCH3 is 1. The largest absolute Gasteiger partial charge is 0.493 e. The minimum atomic E-state index is -0.312. The van der Waals surface area contributed by atoms with Gasteiger partial charge in [-0.15, -0.1) is 0 Å². The molecule has 0 aromatic heterocycles. The molecule has 0 radical (unpaired) electrons. The fraction of sp³-hybridized carbons (Fsp3) is 0.233. The van der Waals surface area contributed by atoms with Gasteiger partial charge in [0, 0.05) is 12.2 Å². The highest BCUT2D eigenvalue weighted by Crippen LogP contribution is 2.34. The third-order valence-electron chi connectivity index (χ3n) is 6.04. The van der Waals surface area contributed by atoms with Crippen LogP contribution in [0.3, 0.4) is 0 Å². The zero-order valence-corrected chi connectivity index (χ0v) is 22.4. The molecular formula is C30H30N2O5S. The molecule has 0 spiro atoms. The quantitative estimate of drug-likeness (QED) is 0.318. The van der Waals surface area contributed by atoms with Crippen LogP contribution in [-0.4, -0.2) is 42.2 Å². The van der Waals surface area contributed by atoms with E-state index in [9.17, 15) is 14.4 Å². The number of nitrogens with zero attached hydrogens (tertiary/aromatic N) is 1. The topological polar surface area (TPSA) is 84.9 Å². The Morgan fingerprint density at radius 1 is 1.00 bits per heavy atom. The van der Waals surface area contributed by atoms with Gasteiger partial charge in [-0.2, -0.15) is 0 Å². The highest BCUT2D eigenvalue weighted by atomic mass is 32.2. The first kappa shape index (κ1) is 27.0. The number of carbonyl (C=O) groups excluding carboxylic acids is 3. The number of amides is 3. The molecule has 1 fully saturated rings. The fourth-order valence-corrected chi connectivity index (χ4v) is 4.93. The Kier molecular flexibility index (Phi) is 8.86. The van der Waals surface area contributed by atoms with Gasteiger partial charge in [0.25, 0.3) is 17.1 Å². The Morgan fingerprint density at radius 3 is 2.47 bits per heavy atom. The molecule has 8 heteroatoms. The summed E-state index contributed by atoms with van der Waals surface area (Å²) in [6, 6.07) is 22.6. The number of para-hydroxylation sites is 1. The summed E-state index contributed by atoms with van der Waals surface area (Å²) in [5, 5.41) is 2.62. The van der Waals surface area contributed by atoms with E-state index >= 15 is 0 Å². The van der Waals surface area contributed by atoms with Gasteiger partial charge in [0.05, 0.1) is 12.0 Å². The van der Waals surface area contributed by atoms with E-state index in [1.807, 2.05) is 54.6 Å². The summed E-state index contributed by atoms with van der Waals surface area (Å²) in [5.41, 5.74) is 3.55. The minimum Gasteiger partial charge on any atom is -0.493 e. The summed E-state index contributed by atoms with van der Waals surface area (Å²) in [6.07, 6.45) is 2.26. The van der Waals surface area contributed by atoms with Gasteiger partial charge in [-0.25, -0.2) is 0 Å². The van der Waals surface area contributed by atoms with Crippen molar-refractivity contribution in [1.82, 2.24) is 4.90 Å². The number of thioether (sulfide) groups is 1. The first-order chi connectivity index (χ1) is 18.4. The smallest absolute Gasteiger partial charge is 0.293 e. The summed E-state index contributed by atoms with van der Waals surface area (Å²) < 4.78 is 11.2. The van der Waals surface area contributed by atoms with E-state index in [1.165, 1.54) is 12.0 Å². The Balaban J connectivity index is 1.39. The normalized spacial score (nSPS) is 14.3. The van der Waals surface area contributed by atoms with Crippen LogP contribution >= 0.6 is 11.8 Å². The highest BCUT2D eigenvalue weighted by molar-refractivity contribution is 8.18. The van der Waals surface area contributed by atoms with Crippen molar-refractivity contribution < 1.29 is 23.9 Å². The summed E-state index contributed by atoms with van der Waals surface area (Å²) in [5.74, 6) is 0.484. The molecule has 3 amide bonds. The van der Waals surface area contributed by atoms with Crippen LogP contribution in [0.2, 0.25) is 0 Å². The molecule has 0 unspecified atom stereocenters. The molecule has 1 saturated heterocycles. The lowest BCUT2D eigenvalue weighted by Gasteiger charge is -2.15. The Labute approximate surface area is 226 Å². The molecule has 3 aromatic rings. The van der Waals surface area contributed by atoms with Crippen molar-refractivity contribution in [2.45, 2.75) is 26.2 Å². The van der Waals surface area contributed by atoms with Crippen molar-refractivity contribution in [3.8, 4) is 11.5 Å². The molecular weight excluding hydrogens is 500 g/mol. The lowest BCUT2D eigenvalue weighted by molar-refractivity contribution is -0.122. The number of hydrogen-bond donors (Lipinski definition) is 1. The lowest BCUT2D eigenvalue weighted by Crippen LogP contribution is -2.30. The van der Waals surface area contributed by atoms with Crippen molar-refractivity contribution in [2.24, 2.45) is 0 Å². The lowest BCUT2D eigenvalue weighted by atomic mass is 10.0. The zero-order valence-electron chi connectivity index (χ0n) is 21.6. The Bertz CT molecular complexity index is 1350. The van der Waals surface area contributed by atoms with Crippen LogP contribution in [0.15, 0.2) is 77.7 Å². The third-order valence-corrected chi connectivity index (χ3v) is 6.95. The highest BCUT2D eigenvalue weighted by Gasteiger charge is 2.34. The molecule has 7 nitrogen and oxygen atoms in total. The van der Waals surface area contributed by atoms with Gasteiger partial charge >= 0.3 is 0 Å². The van der Waals surface area contributed by atoms with E-state index in [4.69, 9.17) is 9.47 Å². The van der Waals surface area contributed by atoms with Crippen LogP contribution in [0.25, 0.3) is 6.08 Å². The maximum Gasteiger partial charge on any atom is 0.293 e. The number of carbonyl (C=O) groups is 3. The predicted molar refractivity (Wildman–Crippen MR) is 150 cm³/mol. The van der Waals surface area contributed by atoms with Gasteiger partial charge in [-0.1, -0.05) is 68.4 Å². The second kappa shape index (κ2) is 12.5. The summed E-state index contributed by atoms with van der Waals surface area (Å²) >= 11 is 0.921. The number of benzene rings is 3. The standard InChI is InChI=1S/C30H30N2O5S/c1-20(2)23-11-7-8-12-24(23)31-28(33)19-37-25-14-13-22(17-26(25)36-3)18-27-29(34)32(30(35)38-27)16-15-21-9-5-4-6-10-21/h4-14,17-18,20H,15-16,19H2,1-3H3,(H,31,33)/b27-18-. The van der Waals surface area contributed by atoms with Crippen LogP contribution < -0.4 is 14.8 Å². The van der Waals surface area contributed by atoms with Crippen molar-refractivity contribution in [1.29, 1.82) is 0 Å². The minimum absolute atomic E-state index is 0.192. The molecule has 0 bridgehead atoms. The molecule has 196 valence electrons. The van der Waals surface area contributed by atoms with E-state index in [0.29, 0.717) is 34.9 Å². The molecule has 38 heavy (non-hydrogen) atoms. The maximum absolute atomic E-state index is 12.9. The van der Waals surface area contributed by atoms with E-state index in [0.717, 1.165) is 28.6 Å². The van der Waals surface area contributed by atoms with Gasteiger partial charge in [0.15, 0.2) is 18.1 Å². The number of ether oxygens (including phenoxy) is 2. The Hall–Kier alpha value is -4.04. The first-order valence-electron chi connectivity index (χ1n) is 12.3. The maximum atomic E-state index is 12.9. The van der Waals surface area contributed by atoms with Crippen molar-refractivity contribution in [3.63, 3.8) is 0 Å². The van der Waals surface area contributed by atoms with Gasteiger partial charge in [-0.05, 0) is 65.1 Å². The van der Waals surface area contributed by atoms with Gasteiger partial charge in [0.1, 0.15) is 0 Å². The van der Waals surface area contributed by atoms with E-state index in [-0.39, 0.29) is 29.6 Å². The van der Waals surface area contributed by atoms with Gasteiger partial charge in [-0.3, -0.25) is 19.3 Å². The molecule has 0 aliphatic carbocycles. The van der Waals surface area contributed by atoms with Crippen molar-refractivity contribution in [2.75, 3.05) is 25.6 Å². The molecule has 1 aliphatic rings. The Morgan fingerprint density at radius 2 is 1.74 bits per heavy atom. The van der Waals surface area contributed by atoms with Crippen molar-refractivity contribution in [3.05, 3.63) is 94.4 Å². The van der Waals surface area contributed by atoms with Crippen LogP contribution in [-0.2, 0) is 16.0 Å². The second-order valence-corrected chi connectivity index (χ2v) is 10.1. The molecule has 1 N–H and O–H groups in total. The number of hydrogen-bond acceptors (Lipinski definition) is 6. The number of nitrogens with one attached hydrogen (secondary N) is 1. The van der Waals surface area contributed by atoms with Gasteiger partial charge < -0.3 is 14.8 Å².